The molecule has 3 rings (SSSR count). The van der Waals surface area contributed by atoms with Crippen molar-refractivity contribution in [3.63, 3.8) is 0 Å². The highest BCUT2D eigenvalue weighted by Gasteiger charge is 2.37. The monoisotopic (exact) mass is 419 g/mol. The number of esters is 1. The molecule has 3 fully saturated rings. The van der Waals surface area contributed by atoms with Crippen molar-refractivity contribution >= 4 is 5.97 Å². The minimum atomic E-state index is -0.367. The van der Waals surface area contributed by atoms with Gasteiger partial charge < -0.3 is 9.47 Å². The maximum absolute atomic E-state index is 11.3. The third-order valence-corrected chi connectivity index (χ3v) is 7.93. The summed E-state index contributed by atoms with van der Waals surface area (Å²) < 4.78 is 11.3. The van der Waals surface area contributed by atoms with Crippen LogP contribution in [0.2, 0.25) is 0 Å². The minimum Gasteiger partial charge on any atom is -0.457 e. The Labute approximate surface area is 184 Å². The second-order valence-corrected chi connectivity index (χ2v) is 10.5. The molecule has 0 bridgehead atoms. The number of hydrogen-bond donors (Lipinski definition) is 0. The fourth-order valence-electron chi connectivity index (χ4n) is 6.04. The zero-order chi connectivity index (χ0) is 21.5. The van der Waals surface area contributed by atoms with Crippen molar-refractivity contribution in [2.24, 2.45) is 11.8 Å². The molecule has 3 saturated carbocycles. The molecular formula is C26H45NO3. The third-order valence-electron chi connectivity index (χ3n) is 7.93. The summed E-state index contributed by atoms with van der Waals surface area (Å²) in [5, 5.41) is 0. The van der Waals surface area contributed by atoms with Gasteiger partial charge in [0, 0.05) is 24.2 Å². The molecule has 4 heteroatoms. The van der Waals surface area contributed by atoms with Crippen molar-refractivity contribution in [1.29, 1.82) is 0 Å². The van der Waals surface area contributed by atoms with Gasteiger partial charge in [-0.05, 0) is 95.8 Å². The van der Waals surface area contributed by atoms with Gasteiger partial charge >= 0.3 is 5.97 Å². The number of carbonyl (C=O) groups excluding carboxylic acids is 1. The maximum atomic E-state index is 11.3. The lowest BCUT2D eigenvalue weighted by molar-refractivity contribution is -0.146. The topological polar surface area (TPSA) is 38.8 Å². The smallest absolute Gasteiger partial charge is 0.330 e. The summed E-state index contributed by atoms with van der Waals surface area (Å²) >= 11 is 0. The van der Waals surface area contributed by atoms with E-state index in [2.05, 4.69) is 25.3 Å². The highest BCUT2D eigenvalue weighted by Crippen LogP contribution is 2.38. The molecule has 0 aromatic heterocycles. The Hall–Kier alpha value is -0.870. The van der Waals surface area contributed by atoms with E-state index in [-0.39, 0.29) is 12.1 Å². The van der Waals surface area contributed by atoms with Crippen molar-refractivity contribution in [3.05, 3.63) is 12.7 Å². The van der Waals surface area contributed by atoms with Crippen molar-refractivity contribution in [2.45, 2.75) is 128 Å². The molecule has 0 N–H and O–H groups in total. The van der Waals surface area contributed by atoms with Crippen molar-refractivity contribution in [2.75, 3.05) is 6.61 Å². The van der Waals surface area contributed by atoms with Crippen LogP contribution in [0.4, 0.5) is 0 Å². The van der Waals surface area contributed by atoms with E-state index < -0.39 is 0 Å². The van der Waals surface area contributed by atoms with E-state index in [9.17, 15) is 4.79 Å². The Balaban J connectivity index is 1.51. The molecule has 0 amide bonds. The van der Waals surface area contributed by atoms with Crippen LogP contribution in [0.1, 0.15) is 97.8 Å². The van der Waals surface area contributed by atoms with Crippen LogP contribution in [0.15, 0.2) is 12.7 Å². The first-order chi connectivity index (χ1) is 14.5. The van der Waals surface area contributed by atoms with E-state index in [4.69, 9.17) is 9.47 Å². The Kier molecular flexibility index (Phi) is 9.25. The number of carbonyl (C=O) groups is 1. The fraction of sp³-hybridized carbons (Fsp3) is 0.885. The molecule has 0 aromatic carbocycles. The van der Waals surface area contributed by atoms with Crippen LogP contribution in [0.25, 0.3) is 0 Å². The van der Waals surface area contributed by atoms with Crippen LogP contribution in [0.3, 0.4) is 0 Å². The van der Waals surface area contributed by atoms with Gasteiger partial charge in [0.05, 0.1) is 12.7 Å². The van der Waals surface area contributed by atoms with Gasteiger partial charge in [0.1, 0.15) is 6.10 Å². The number of nitrogens with zero attached hydrogens (tertiary/aromatic N) is 1. The van der Waals surface area contributed by atoms with Crippen LogP contribution >= 0.6 is 0 Å². The van der Waals surface area contributed by atoms with Crippen molar-refractivity contribution in [1.82, 2.24) is 4.90 Å². The van der Waals surface area contributed by atoms with Crippen LogP contribution in [0.5, 0.6) is 0 Å². The predicted molar refractivity (Wildman–Crippen MR) is 122 cm³/mol. The average molecular weight is 420 g/mol. The fourth-order valence-corrected chi connectivity index (χ4v) is 6.04. The molecule has 1 atom stereocenters. The van der Waals surface area contributed by atoms with E-state index in [1.54, 1.807) is 0 Å². The molecule has 3 aliphatic carbocycles. The standard InChI is InChI=1S/C26H45NO3/c1-5-26(28)30-21(4)18-29-25-16-14-24(15-17-25)27(22-10-6-19(2)7-11-22)23-12-8-20(3)9-13-23/h5,19-25H,1,6-18H2,2-4H3. The van der Waals surface area contributed by atoms with Gasteiger partial charge in [0.25, 0.3) is 0 Å². The zero-order valence-electron chi connectivity index (χ0n) is 19.7. The summed E-state index contributed by atoms with van der Waals surface area (Å²) in [4.78, 5) is 14.3. The molecule has 0 radical (unpaired) electrons. The first-order valence-electron chi connectivity index (χ1n) is 12.7. The Bertz CT molecular complexity index is 504. The van der Waals surface area contributed by atoms with Crippen LogP contribution in [-0.4, -0.2) is 47.8 Å². The lowest BCUT2D eigenvalue weighted by atomic mass is 9.79. The lowest BCUT2D eigenvalue weighted by Crippen LogP contribution is -2.53. The molecule has 4 nitrogen and oxygen atoms in total. The Morgan fingerprint density at radius 2 is 1.30 bits per heavy atom. The van der Waals surface area contributed by atoms with Gasteiger partial charge in [-0.3, -0.25) is 4.90 Å². The predicted octanol–water partition coefficient (Wildman–Crippen LogP) is 5.89. The average Bonchev–Trinajstić information content (AvgIpc) is 2.76. The SMILES string of the molecule is C=CC(=O)OC(C)COC1CCC(N(C2CCC(C)CC2)C2CCC(C)CC2)CC1. The summed E-state index contributed by atoms with van der Waals surface area (Å²) in [5.74, 6) is 1.46. The van der Waals surface area contributed by atoms with Crippen LogP contribution < -0.4 is 0 Å². The third kappa shape index (κ3) is 6.82. The summed E-state index contributed by atoms with van der Waals surface area (Å²) in [7, 11) is 0. The first-order valence-corrected chi connectivity index (χ1v) is 12.7. The highest BCUT2D eigenvalue weighted by atomic mass is 16.6. The molecule has 30 heavy (non-hydrogen) atoms. The van der Waals surface area contributed by atoms with Gasteiger partial charge in [-0.1, -0.05) is 20.4 Å². The number of ether oxygens (including phenoxy) is 2. The minimum absolute atomic E-state index is 0.210. The Morgan fingerprint density at radius 1 is 0.867 bits per heavy atom. The molecule has 3 aliphatic rings. The van der Waals surface area contributed by atoms with E-state index in [1.165, 1.54) is 70.3 Å². The summed E-state index contributed by atoms with van der Waals surface area (Å²) in [5.41, 5.74) is 0. The van der Waals surface area contributed by atoms with E-state index in [1.807, 2.05) is 6.92 Å². The Morgan fingerprint density at radius 3 is 1.73 bits per heavy atom. The van der Waals surface area contributed by atoms with Gasteiger partial charge in [0.2, 0.25) is 0 Å². The molecule has 0 aliphatic heterocycles. The van der Waals surface area contributed by atoms with Gasteiger partial charge in [-0.2, -0.15) is 0 Å². The van der Waals surface area contributed by atoms with Gasteiger partial charge in [0.15, 0.2) is 0 Å². The van der Waals surface area contributed by atoms with Gasteiger partial charge in [-0.25, -0.2) is 4.79 Å². The molecule has 0 heterocycles. The number of hydrogen-bond acceptors (Lipinski definition) is 4. The summed E-state index contributed by atoms with van der Waals surface area (Å²) in [6, 6.07) is 2.35. The summed E-state index contributed by atoms with van der Waals surface area (Å²) in [6.45, 7) is 10.7. The molecule has 0 aromatic rings. The second-order valence-electron chi connectivity index (χ2n) is 10.5. The molecular weight excluding hydrogens is 374 g/mol. The largest absolute Gasteiger partial charge is 0.457 e. The first kappa shape index (κ1) is 23.8. The normalized spacial score (nSPS) is 36.3. The quantitative estimate of drug-likeness (QED) is 0.363. The van der Waals surface area contributed by atoms with Gasteiger partial charge in [-0.15, -0.1) is 0 Å². The maximum Gasteiger partial charge on any atom is 0.330 e. The second kappa shape index (κ2) is 11.7. The number of rotatable bonds is 8. The summed E-state index contributed by atoms with van der Waals surface area (Å²) in [6.07, 6.45) is 17.3. The van der Waals surface area contributed by atoms with Crippen LogP contribution in [0, 0.1) is 11.8 Å². The van der Waals surface area contributed by atoms with E-state index in [0.29, 0.717) is 12.7 Å². The van der Waals surface area contributed by atoms with Crippen molar-refractivity contribution in [3.8, 4) is 0 Å². The van der Waals surface area contributed by atoms with E-state index >= 15 is 0 Å². The molecule has 0 saturated heterocycles. The lowest BCUT2D eigenvalue weighted by Gasteiger charge is -2.49. The highest BCUT2D eigenvalue weighted by molar-refractivity contribution is 5.81. The molecule has 0 spiro atoms. The molecule has 1 unspecified atom stereocenters. The zero-order valence-corrected chi connectivity index (χ0v) is 19.7. The molecule has 172 valence electrons. The van der Waals surface area contributed by atoms with Crippen LogP contribution in [-0.2, 0) is 14.3 Å². The van der Waals surface area contributed by atoms with E-state index in [0.717, 1.165) is 42.8 Å². The van der Waals surface area contributed by atoms with Crippen molar-refractivity contribution < 1.29 is 14.3 Å².